The van der Waals surface area contributed by atoms with Crippen LogP contribution in [-0.2, 0) is 19.4 Å². The molecule has 1 aromatic carbocycles. The minimum absolute atomic E-state index is 0.758. The van der Waals surface area contributed by atoms with E-state index in [1.165, 1.54) is 30.5 Å². The summed E-state index contributed by atoms with van der Waals surface area (Å²) in [6.07, 6.45) is 0. The van der Waals surface area contributed by atoms with E-state index in [0.717, 1.165) is 23.0 Å². The van der Waals surface area contributed by atoms with E-state index in [-0.39, 0.29) is 0 Å². The first-order valence-electron chi connectivity index (χ1n) is 5.35. The molecular formula is C13H13N3W. The summed E-state index contributed by atoms with van der Waals surface area (Å²) in [5.41, 5.74) is 3.59. The molecule has 0 saturated carbocycles. The van der Waals surface area contributed by atoms with Gasteiger partial charge in [-0.3, -0.25) is 0 Å². The van der Waals surface area contributed by atoms with Gasteiger partial charge in [-0.25, -0.2) is 0 Å². The molecule has 1 heterocycles. The quantitative estimate of drug-likeness (QED) is 0.783. The van der Waals surface area contributed by atoms with Gasteiger partial charge in [-0.05, 0) is 0 Å². The second kappa shape index (κ2) is 4.97. The second-order valence-corrected chi connectivity index (χ2v) is 4.79. The predicted octanol–water partition coefficient (Wildman–Crippen LogP) is 2.16. The fraction of sp³-hybridized carbons (Fsp3) is 0.231. The monoisotopic (exact) mass is 395 g/mol. The van der Waals surface area contributed by atoms with Crippen LogP contribution in [0, 0.1) is 20.8 Å². The average molecular weight is 395 g/mol. The van der Waals surface area contributed by atoms with Gasteiger partial charge < -0.3 is 0 Å². The van der Waals surface area contributed by atoms with Crippen molar-refractivity contribution in [2.45, 2.75) is 20.8 Å². The Morgan fingerprint density at radius 2 is 1.65 bits per heavy atom. The normalized spacial score (nSPS) is 10.3. The van der Waals surface area contributed by atoms with Gasteiger partial charge in [0, 0.05) is 0 Å². The van der Waals surface area contributed by atoms with Crippen molar-refractivity contribution in [1.82, 2.24) is 15.0 Å². The van der Waals surface area contributed by atoms with E-state index in [9.17, 15) is 0 Å². The van der Waals surface area contributed by atoms with Crippen LogP contribution in [0.4, 0.5) is 0 Å². The summed E-state index contributed by atoms with van der Waals surface area (Å²) in [7, 11) is 0. The van der Waals surface area contributed by atoms with Gasteiger partial charge in [0.25, 0.3) is 0 Å². The van der Waals surface area contributed by atoms with Gasteiger partial charge in [0.05, 0.1) is 0 Å². The van der Waals surface area contributed by atoms with Crippen molar-refractivity contribution in [3.05, 3.63) is 41.0 Å². The molecule has 0 aliphatic heterocycles. The van der Waals surface area contributed by atoms with Crippen LogP contribution in [-0.4, -0.2) is 19.4 Å². The molecule has 0 amide bonds. The maximum absolute atomic E-state index is 4.38. The van der Waals surface area contributed by atoms with Crippen LogP contribution in [0.3, 0.4) is 0 Å². The number of aryl methyl sites for hydroxylation is 3. The molecule has 2 rings (SSSR count). The summed E-state index contributed by atoms with van der Waals surface area (Å²) in [6.45, 7) is 5.90. The number of aromatic nitrogens is 3. The third-order valence-corrected chi connectivity index (χ3v) is 3.44. The van der Waals surface area contributed by atoms with Crippen LogP contribution in [0.2, 0.25) is 0 Å². The molecule has 17 heavy (non-hydrogen) atoms. The van der Waals surface area contributed by atoms with Gasteiger partial charge in [0.1, 0.15) is 0 Å². The Morgan fingerprint density at radius 3 is 2.24 bits per heavy atom. The third kappa shape index (κ3) is 2.73. The van der Waals surface area contributed by atoms with Crippen molar-refractivity contribution in [2.24, 2.45) is 0 Å². The molecule has 0 spiro atoms. The van der Waals surface area contributed by atoms with Gasteiger partial charge in [0.15, 0.2) is 0 Å². The van der Waals surface area contributed by atoms with E-state index >= 15 is 0 Å². The molecular weight excluding hydrogens is 382 g/mol. The fourth-order valence-corrected chi connectivity index (χ4v) is 2.56. The van der Waals surface area contributed by atoms with Crippen LogP contribution < -0.4 is 0 Å². The summed E-state index contributed by atoms with van der Waals surface area (Å²) in [5.74, 6) is 2.29. The fourth-order valence-electron chi connectivity index (χ4n) is 1.65. The van der Waals surface area contributed by atoms with Gasteiger partial charge in [-0.1, -0.05) is 0 Å². The van der Waals surface area contributed by atoms with E-state index in [2.05, 4.69) is 44.5 Å². The number of nitrogens with zero attached hydrogens (tertiary/aromatic N) is 3. The molecule has 0 bridgehead atoms. The summed E-state index contributed by atoms with van der Waals surface area (Å²) in [4.78, 5) is 13.0. The molecule has 1 aromatic heterocycles. The van der Waals surface area contributed by atoms with E-state index in [1.807, 2.05) is 13.8 Å². The molecule has 86 valence electrons. The summed E-state index contributed by atoms with van der Waals surface area (Å²) in [5, 5.41) is 0. The van der Waals surface area contributed by atoms with E-state index in [1.54, 1.807) is 0 Å². The average Bonchev–Trinajstić information content (AvgIpc) is 2.28. The van der Waals surface area contributed by atoms with Gasteiger partial charge in [-0.2, -0.15) is 0 Å². The molecule has 0 aliphatic rings. The Labute approximate surface area is 112 Å². The Balaban J connectivity index is 2.56. The van der Waals surface area contributed by atoms with Gasteiger partial charge in [-0.15, -0.1) is 0 Å². The molecule has 0 N–H and O–H groups in total. The summed E-state index contributed by atoms with van der Waals surface area (Å²) < 4.78 is 2.18. The van der Waals surface area contributed by atoms with Crippen LogP contribution in [0.15, 0.2) is 18.2 Å². The van der Waals surface area contributed by atoms with E-state index in [4.69, 9.17) is 0 Å². The number of hydrogen-bond acceptors (Lipinski definition) is 3. The zero-order valence-corrected chi connectivity index (χ0v) is 13.0. The van der Waals surface area contributed by atoms with Crippen molar-refractivity contribution in [2.75, 3.05) is 0 Å². The zero-order chi connectivity index (χ0) is 12.4. The van der Waals surface area contributed by atoms with Gasteiger partial charge in [0.2, 0.25) is 0 Å². The first-order valence-corrected chi connectivity index (χ1v) is 7.05. The van der Waals surface area contributed by atoms with Crippen molar-refractivity contribution in [1.29, 1.82) is 0 Å². The zero-order valence-electron chi connectivity index (χ0n) is 10.1. The molecule has 0 unspecified atom stereocenters. The third-order valence-electron chi connectivity index (χ3n) is 2.52. The number of benzene rings is 1. The SMILES string of the molecule is Cc1nc(C)nc(-c2ccc(C)c([CH]=[W])c2)n1. The number of rotatable bonds is 2. The van der Waals surface area contributed by atoms with E-state index in [0.29, 0.717) is 0 Å². The van der Waals surface area contributed by atoms with E-state index < -0.39 is 0 Å². The van der Waals surface area contributed by atoms with Crippen molar-refractivity contribution in [3.63, 3.8) is 0 Å². The topological polar surface area (TPSA) is 38.7 Å². The molecule has 0 radical (unpaired) electrons. The molecule has 2 aromatic rings. The van der Waals surface area contributed by atoms with Crippen LogP contribution in [0.1, 0.15) is 22.8 Å². The number of hydrogen-bond donors (Lipinski definition) is 0. The van der Waals surface area contributed by atoms with Crippen molar-refractivity contribution >= 4 is 4.40 Å². The summed E-state index contributed by atoms with van der Waals surface area (Å²) >= 11 is 1.45. The Kier molecular flexibility index (Phi) is 3.58. The predicted molar refractivity (Wildman–Crippen MR) is 64.6 cm³/mol. The molecule has 0 aliphatic carbocycles. The minimum atomic E-state index is 0.758. The molecule has 4 heteroatoms. The van der Waals surface area contributed by atoms with Crippen LogP contribution >= 0.6 is 0 Å². The maximum atomic E-state index is 4.38. The summed E-state index contributed by atoms with van der Waals surface area (Å²) in [6, 6.07) is 6.31. The standard InChI is InChI=1S/C13H13N3.W/c1-8-5-6-12(7-9(8)2)13-15-10(3)14-11(4)16-13;/h2,5-7H,1,3-4H3;. The first-order chi connectivity index (χ1) is 8.10. The van der Waals surface area contributed by atoms with Crippen molar-refractivity contribution < 1.29 is 19.4 Å². The Bertz CT molecular complexity index is 559. The molecule has 0 fully saturated rings. The Morgan fingerprint density at radius 1 is 1.00 bits per heavy atom. The van der Waals surface area contributed by atoms with Gasteiger partial charge >= 0.3 is 112 Å². The molecule has 3 nitrogen and oxygen atoms in total. The van der Waals surface area contributed by atoms with Crippen LogP contribution in [0.5, 0.6) is 0 Å². The first kappa shape index (κ1) is 12.3. The van der Waals surface area contributed by atoms with Crippen LogP contribution in [0.25, 0.3) is 11.4 Å². The Hall–Kier alpha value is -1.21. The second-order valence-electron chi connectivity index (χ2n) is 3.94. The molecule has 0 saturated heterocycles. The molecule has 0 atom stereocenters. The van der Waals surface area contributed by atoms with Crippen molar-refractivity contribution in [3.8, 4) is 11.4 Å².